The smallest absolute Gasteiger partial charge is 0.354 e. The molecule has 2 heterocycles. The third-order valence-corrected chi connectivity index (χ3v) is 2.71. The van der Waals surface area contributed by atoms with Crippen LogP contribution in [0.4, 0.5) is 0 Å². The molecule has 2 aromatic rings. The first-order chi connectivity index (χ1) is 8.79. The third-order valence-electron chi connectivity index (χ3n) is 2.71. The van der Waals surface area contributed by atoms with Crippen LogP contribution in [0.2, 0.25) is 0 Å². The summed E-state index contributed by atoms with van der Waals surface area (Å²) in [5.74, 6) is -0.396. The Balaban J connectivity index is 2.58. The standard InChI is InChI=1S/C13H16N4O2/c1-8-14-6-9(7-15-8)17-10(12(18)19)5-11(16-17)13(2,3)4/h5-7H,1-4H3,(H,18,19). The lowest BCUT2D eigenvalue weighted by Crippen LogP contribution is -2.13. The molecule has 100 valence electrons. The van der Waals surface area contributed by atoms with Crippen molar-refractivity contribution in [2.75, 3.05) is 0 Å². The number of carbonyl (C=O) groups is 1. The molecule has 0 atom stereocenters. The largest absolute Gasteiger partial charge is 0.477 e. The maximum atomic E-state index is 11.3. The molecule has 1 N–H and O–H groups in total. The number of rotatable bonds is 2. The molecule has 0 aliphatic carbocycles. The van der Waals surface area contributed by atoms with E-state index < -0.39 is 5.97 Å². The number of nitrogens with zero attached hydrogens (tertiary/aromatic N) is 4. The Morgan fingerprint density at radius 3 is 2.32 bits per heavy atom. The van der Waals surface area contributed by atoms with E-state index in [2.05, 4.69) is 15.1 Å². The van der Waals surface area contributed by atoms with E-state index >= 15 is 0 Å². The van der Waals surface area contributed by atoms with Gasteiger partial charge in [-0.3, -0.25) is 0 Å². The van der Waals surface area contributed by atoms with Crippen molar-refractivity contribution in [2.45, 2.75) is 33.1 Å². The minimum atomic E-state index is -1.02. The first-order valence-corrected chi connectivity index (χ1v) is 5.92. The molecule has 0 unspecified atom stereocenters. The number of aromatic carboxylic acids is 1. The number of carboxylic acid groups (broad SMARTS) is 1. The molecule has 19 heavy (non-hydrogen) atoms. The highest BCUT2D eigenvalue weighted by atomic mass is 16.4. The lowest BCUT2D eigenvalue weighted by molar-refractivity contribution is 0.0687. The van der Waals surface area contributed by atoms with E-state index in [4.69, 9.17) is 0 Å². The molecule has 0 bridgehead atoms. The highest BCUT2D eigenvalue weighted by Crippen LogP contribution is 2.23. The average Bonchev–Trinajstić information content (AvgIpc) is 2.74. The molecule has 0 spiro atoms. The maximum Gasteiger partial charge on any atom is 0.354 e. The highest BCUT2D eigenvalue weighted by molar-refractivity contribution is 5.86. The fraction of sp³-hybridized carbons (Fsp3) is 0.385. The Morgan fingerprint density at radius 1 is 1.26 bits per heavy atom. The molecule has 0 aromatic carbocycles. The summed E-state index contributed by atoms with van der Waals surface area (Å²) < 4.78 is 1.36. The molecule has 0 fully saturated rings. The maximum absolute atomic E-state index is 11.3. The summed E-state index contributed by atoms with van der Waals surface area (Å²) in [5, 5.41) is 13.6. The zero-order chi connectivity index (χ0) is 14.2. The second-order valence-corrected chi connectivity index (χ2v) is 5.37. The summed E-state index contributed by atoms with van der Waals surface area (Å²) in [6.07, 6.45) is 3.13. The van der Waals surface area contributed by atoms with Gasteiger partial charge in [-0.1, -0.05) is 20.8 Å². The Labute approximate surface area is 111 Å². The fourth-order valence-corrected chi connectivity index (χ4v) is 1.59. The minimum absolute atomic E-state index is 0.109. The molecule has 2 aromatic heterocycles. The van der Waals surface area contributed by atoms with E-state index in [1.54, 1.807) is 25.4 Å². The second-order valence-electron chi connectivity index (χ2n) is 5.37. The Kier molecular flexibility index (Phi) is 3.09. The lowest BCUT2D eigenvalue weighted by Gasteiger charge is -2.14. The Hall–Kier alpha value is -2.24. The SMILES string of the molecule is Cc1ncc(-n2nc(C(C)(C)C)cc2C(=O)O)cn1. The van der Waals surface area contributed by atoms with Gasteiger partial charge in [-0.2, -0.15) is 5.10 Å². The Morgan fingerprint density at radius 2 is 1.84 bits per heavy atom. The normalized spacial score (nSPS) is 11.6. The molecule has 6 heteroatoms. The monoisotopic (exact) mass is 260 g/mol. The molecule has 0 aliphatic rings. The van der Waals surface area contributed by atoms with Gasteiger partial charge in [0.2, 0.25) is 0 Å². The van der Waals surface area contributed by atoms with Crippen molar-refractivity contribution >= 4 is 5.97 Å². The summed E-state index contributed by atoms with van der Waals surface area (Å²) in [7, 11) is 0. The molecule has 2 rings (SSSR count). The third kappa shape index (κ3) is 2.62. The summed E-state index contributed by atoms with van der Waals surface area (Å²) in [5.41, 5.74) is 1.14. The molecule has 0 saturated carbocycles. The number of hydrogen-bond acceptors (Lipinski definition) is 4. The molecule has 6 nitrogen and oxygen atoms in total. The predicted molar refractivity (Wildman–Crippen MR) is 69.6 cm³/mol. The van der Waals surface area contributed by atoms with E-state index in [-0.39, 0.29) is 11.1 Å². The van der Waals surface area contributed by atoms with Crippen molar-refractivity contribution in [3.8, 4) is 5.69 Å². The Bertz CT molecular complexity index is 609. The van der Waals surface area contributed by atoms with E-state index in [1.807, 2.05) is 20.8 Å². The van der Waals surface area contributed by atoms with Crippen LogP contribution in [0, 0.1) is 6.92 Å². The van der Waals surface area contributed by atoms with Gasteiger partial charge in [0.25, 0.3) is 0 Å². The van der Waals surface area contributed by atoms with Gasteiger partial charge in [0, 0.05) is 5.41 Å². The van der Waals surface area contributed by atoms with Crippen molar-refractivity contribution in [2.24, 2.45) is 0 Å². The summed E-state index contributed by atoms with van der Waals surface area (Å²) in [6, 6.07) is 1.59. The number of hydrogen-bond donors (Lipinski definition) is 1. The fourth-order valence-electron chi connectivity index (χ4n) is 1.59. The number of aryl methyl sites for hydroxylation is 1. The van der Waals surface area contributed by atoms with Crippen LogP contribution >= 0.6 is 0 Å². The molecule has 0 amide bonds. The van der Waals surface area contributed by atoms with E-state index in [0.29, 0.717) is 17.2 Å². The van der Waals surface area contributed by atoms with Crippen LogP contribution in [0.5, 0.6) is 0 Å². The molecular formula is C13H16N4O2. The van der Waals surface area contributed by atoms with Gasteiger partial charge < -0.3 is 5.11 Å². The molecular weight excluding hydrogens is 244 g/mol. The summed E-state index contributed by atoms with van der Waals surface area (Å²) >= 11 is 0. The van der Waals surface area contributed by atoms with Crippen LogP contribution in [0.25, 0.3) is 5.69 Å². The first kappa shape index (κ1) is 13.2. The zero-order valence-corrected chi connectivity index (χ0v) is 11.4. The van der Waals surface area contributed by atoms with Gasteiger partial charge in [0.05, 0.1) is 18.1 Å². The van der Waals surface area contributed by atoms with Gasteiger partial charge in [0.1, 0.15) is 11.5 Å². The van der Waals surface area contributed by atoms with Crippen LogP contribution in [0.1, 0.15) is 42.8 Å². The number of carboxylic acids is 1. The number of aromatic nitrogens is 4. The van der Waals surface area contributed by atoms with Gasteiger partial charge in [0.15, 0.2) is 5.69 Å². The summed E-state index contributed by atoms with van der Waals surface area (Å²) in [4.78, 5) is 19.4. The van der Waals surface area contributed by atoms with Crippen LogP contribution in [0.3, 0.4) is 0 Å². The molecule has 0 saturated heterocycles. The zero-order valence-electron chi connectivity index (χ0n) is 11.4. The van der Waals surface area contributed by atoms with E-state index in [9.17, 15) is 9.90 Å². The quantitative estimate of drug-likeness (QED) is 0.892. The van der Waals surface area contributed by atoms with Gasteiger partial charge in [-0.15, -0.1) is 0 Å². The van der Waals surface area contributed by atoms with Crippen LogP contribution in [0.15, 0.2) is 18.5 Å². The summed E-state index contributed by atoms with van der Waals surface area (Å²) in [6.45, 7) is 7.72. The molecule has 0 radical (unpaired) electrons. The van der Waals surface area contributed by atoms with E-state index in [1.165, 1.54) is 4.68 Å². The topological polar surface area (TPSA) is 80.9 Å². The van der Waals surface area contributed by atoms with Crippen molar-refractivity contribution in [1.29, 1.82) is 0 Å². The molecule has 0 aliphatic heterocycles. The van der Waals surface area contributed by atoms with E-state index in [0.717, 1.165) is 0 Å². The first-order valence-electron chi connectivity index (χ1n) is 5.92. The second kappa shape index (κ2) is 4.46. The highest BCUT2D eigenvalue weighted by Gasteiger charge is 2.23. The van der Waals surface area contributed by atoms with Crippen molar-refractivity contribution in [3.63, 3.8) is 0 Å². The lowest BCUT2D eigenvalue weighted by atomic mass is 9.92. The van der Waals surface area contributed by atoms with Crippen LogP contribution < -0.4 is 0 Å². The predicted octanol–water partition coefficient (Wildman–Crippen LogP) is 1.97. The van der Waals surface area contributed by atoms with Crippen LogP contribution in [-0.4, -0.2) is 30.8 Å². The van der Waals surface area contributed by atoms with Gasteiger partial charge in [-0.05, 0) is 13.0 Å². The van der Waals surface area contributed by atoms with Crippen molar-refractivity contribution < 1.29 is 9.90 Å². The van der Waals surface area contributed by atoms with Crippen molar-refractivity contribution in [3.05, 3.63) is 35.7 Å². The van der Waals surface area contributed by atoms with Gasteiger partial charge in [-0.25, -0.2) is 19.4 Å². The van der Waals surface area contributed by atoms with Gasteiger partial charge >= 0.3 is 5.97 Å². The minimum Gasteiger partial charge on any atom is -0.477 e. The van der Waals surface area contributed by atoms with Crippen LogP contribution in [-0.2, 0) is 5.41 Å². The average molecular weight is 260 g/mol. The van der Waals surface area contributed by atoms with Crippen molar-refractivity contribution in [1.82, 2.24) is 19.7 Å².